The maximum Gasteiger partial charge on any atom is 0.323 e. The lowest BCUT2D eigenvalue weighted by atomic mass is 10.1. The Morgan fingerprint density at radius 1 is 1.00 bits per heavy atom. The second-order valence-corrected chi connectivity index (χ2v) is 6.79. The Morgan fingerprint density at radius 2 is 1.70 bits per heavy atom. The predicted molar refractivity (Wildman–Crippen MR) is 108 cm³/mol. The molecule has 0 radical (unpaired) electrons. The van der Waals surface area contributed by atoms with Gasteiger partial charge < -0.3 is 9.80 Å². The van der Waals surface area contributed by atoms with Gasteiger partial charge in [0.25, 0.3) is 0 Å². The molecule has 4 rings (SSSR count). The second-order valence-electron chi connectivity index (χ2n) is 6.39. The molecule has 0 spiro atoms. The summed E-state index contributed by atoms with van der Waals surface area (Å²) in [6.45, 7) is 2.96. The van der Waals surface area contributed by atoms with Crippen LogP contribution in [0.2, 0.25) is 5.02 Å². The average molecular weight is 382 g/mol. The molecule has 2 aromatic carbocycles. The number of hydrogen-bond acceptors (Lipinski definition) is 3. The molecule has 6 nitrogen and oxygen atoms in total. The number of piperazine rings is 1. The lowest BCUT2D eigenvalue weighted by molar-refractivity contribution is 0.208. The van der Waals surface area contributed by atoms with E-state index in [-0.39, 0.29) is 6.03 Å². The highest BCUT2D eigenvalue weighted by atomic mass is 35.5. The first-order valence-corrected chi connectivity index (χ1v) is 9.25. The lowest BCUT2D eigenvalue weighted by Gasteiger charge is -2.35. The van der Waals surface area contributed by atoms with Crippen LogP contribution < -0.4 is 10.2 Å². The van der Waals surface area contributed by atoms with E-state index in [2.05, 4.69) is 32.5 Å². The van der Waals surface area contributed by atoms with E-state index in [1.54, 1.807) is 6.07 Å². The number of benzene rings is 2. The summed E-state index contributed by atoms with van der Waals surface area (Å²) in [5.41, 5.74) is 2.81. The van der Waals surface area contributed by atoms with E-state index in [1.807, 2.05) is 47.4 Å². The highest BCUT2D eigenvalue weighted by Crippen LogP contribution is 2.27. The highest BCUT2D eigenvalue weighted by Gasteiger charge is 2.22. The Bertz CT molecular complexity index is 919. The van der Waals surface area contributed by atoms with E-state index in [1.165, 1.54) is 5.69 Å². The lowest BCUT2D eigenvalue weighted by Crippen LogP contribution is -2.50. The van der Waals surface area contributed by atoms with Crippen LogP contribution in [0.1, 0.15) is 0 Å². The van der Waals surface area contributed by atoms with Gasteiger partial charge in [0, 0.05) is 48.5 Å². The molecule has 0 bridgehead atoms. The van der Waals surface area contributed by atoms with Crippen LogP contribution in [0, 0.1) is 0 Å². The molecule has 2 N–H and O–H groups in total. The summed E-state index contributed by atoms with van der Waals surface area (Å²) in [5.74, 6) is 0.486. The van der Waals surface area contributed by atoms with E-state index in [4.69, 9.17) is 11.6 Å². The third-order valence-electron chi connectivity index (χ3n) is 4.67. The SMILES string of the molecule is O=C(Nc1cc(-c2ccccc2Cl)[nH]n1)N1CCN(c2ccccc2)CC1. The van der Waals surface area contributed by atoms with Crippen molar-refractivity contribution < 1.29 is 4.79 Å². The molecule has 27 heavy (non-hydrogen) atoms. The van der Waals surface area contributed by atoms with Crippen LogP contribution in [-0.4, -0.2) is 47.3 Å². The first-order valence-electron chi connectivity index (χ1n) is 8.87. The Kier molecular flexibility index (Phi) is 4.98. The zero-order valence-corrected chi connectivity index (χ0v) is 15.5. The standard InChI is InChI=1S/C20H20ClN5O/c21-17-9-5-4-8-16(17)18-14-19(24-23-18)22-20(27)26-12-10-25(11-13-26)15-6-2-1-3-7-15/h1-9,14H,10-13H2,(H2,22,23,24,27). The molecule has 0 unspecified atom stereocenters. The van der Waals surface area contributed by atoms with Gasteiger partial charge in [-0.25, -0.2) is 4.79 Å². The van der Waals surface area contributed by atoms with E-state index < -0.39 is 0 Å². The van der Waals surface area contributed by atoms with Crippen molar-refractivity contribution in [3.05, 3.63) is 65.7 Å². The van der Waals surface area contributed by atoms with Crippen molar-refractivity contribution in [2.75, 3.05) is 36.4 Å². The summed E-state index contributed by atoms with van der Waals surface area (Å²) in [6.07, 6.45) is 0. The van der Waals surface area contributed by atoms with Crippen molar-refractivity contribution >= 4 is 29.1 Å². The van der Waals surface area contributed by atoms with E-state index in [9.17, 15) is 4.79 Å². The van der Waals surface area contributed by atoms with Gasteiger partial charge in [-0.3, -0.25) is 10.4 Å². The number of urea groups is 1. The minimum atomic E-state index is -0.139. The molecule has 3 aromatic rings. The average Bonchev–Trinajstić information content (AvgIpc) is 3.17. The summed E-state index contributed by atoms with van der Waals surface area (Å²) in [5, 5.41) is 10.6. The van der Waals surface area contributed by atoms with Gasteiger partial charge in [0.05, 0.1) is 5.69 Å². The quantitative estimate of drug-likeness (QED) is 0.718. The van der Waals surface area contributed by atoms with Crippen molar-refractivity contribution in [1.29, 1.82) is 0 Å². The van der Waals surface area contributed by atoms with Crippen LogP contribution in [0.4, 0.5) is 16.3 Å². The third kappa shape index (κ3) is 3.90. The molecule has 1 fully saturated rings. The molecule has 2 amide bonds. The minimum Gasteiger partial charge on any atom is -0.368 e. The van der Waals surface area contributed by atoms with Crippen LogP contribution in [-0.2, 0) is 0 Å². The van der Waals surface area contributed by atoms with Crippen molar-refractivity contribution in [2.24, 2.45) is 0 Å². The zero-order chi connectivity index (χ0) is 18.6. The van der Waals surface area contributed by atoms with Crippen molar-refractivity contribution in [3.63, 3.8) is 0 Å². The fourth-order valence-corrected chi connectivity index (χ4v) is 3.44. The second kappa shape index (κ2) is 7.72. The van der Waals surface area contributed by atoms with E-state index in [0.29, 0.717) is 23.9 Å². The van der Waals surface area contributed by atoms with Crippen molar-refractivity contribution in [3.8, 4) is 11.3 Å². The molecule has 138 valence electrons. The van der Waals surface area contributed by atoms with Gasteiger partial charge in [-0.1, -0.05) is 48.0 Å². The summed E-state index contributed by atoms with van der Waals surface area (Å²) in [6, 6.07) is 19.4. The largest absolute Gasteiger partial charge is 0.368 e. The molecule has 1 aliphatic rings. The molecule has 1 saturated heterocycles. The van der Waals surface area contributed by atoms with Gasteiger partial charge in [0.2, 0.25) is 0 Å². The third-order valence-corrected chi connectivity index (χ3v) is 4.99. The number of para-hydroxylation sites is 1. The first-order chi connectivity index (χ1) is 13.2. The molecule has 0 atom stereocenters. The van der Waals surface area contributed by atoms with Crippen LogP contribution in [0.15, 0.2) is 60.7 Å². The number of carbonyl (C=O) groups excluding carboxylic acids is 1. The number of nitrogens with one attached hydrogen (secondary N) is 2. The number of halogens is 1. The summed E-state index contributed by atoms with van der Waals surface area (Å²) in [7, 11) is 0. The monoisotopic (exact) mass is 381 g/mol. The summed E-state index contributed by atoms with van der Waals surface area (Å²) >= 11 is 6.21. The molecule has 0 saturated carbocycles. The maximum absolute atomic E-state index is 12.5. The fraction of sp³-hybridized carbons (Fsp3) is 0.200. The normalized spacial score (nSPS) is 14.3. The highest BCUT2D eigenvalue weighted by molar-refractivity contribution is 6.33. The zero-order valence-electron chi connectivity index (χ0n) is 14.7. The Morgan fingerprint density at radius 3 is 2.44 bits per heavy atom. The van der Waals surface area contributed by atoms with Crippen molar-refractivity contribution in [2.45, 2.75) is 0 Å². The van der Waals surface area contributed by atoms with Gasteiger partial charge in [0.15, 0.2) is 5.82 Å². The van der Waals surface area contributed by atoms with Crippen LogP contribution in [0.25, 0.3) is 11.3 Å². The Labute approximate surface area is 162 Å². The number of anilines is 2. The molecule has 2 heterocycles. The number of carbonyl (C=O) groups is 1. The predicted octanol–water partition coefficient (Wildman–Crippen LogP) is 4.08. The molecule has 1 aromatic heterocycles. The number of hydrogen-bond donors (Lipinski definition) is 2. The smallest absolute Gasteiger partial charge is 0.323 e. The number of nitrogens with zero attached hydrogens (tertiary/aromatic N) is 3. The molecule has 7 heteroatoms. The molecular weight excluding hydrogens is 362 g/mol. The minimum absolute atomic E-state index is 0.139. The van der Waals surface area contributed by atoms with E-state index in [0.717, 1.165) is 24.3 Å². The first kappa shape index (κ1) is 17.4. The summed E-state index contributed by atoms with van der Waals surface area (Å²) < 4.78 is 0. The number of amides is 2. The fourth-order valence-electron chi connectivity index (χ4n) is 3.20. The Hall–Kier alpha value is -2.99. The van der Waals surface area contributed by atoms with Gasteiger partial charge in [-0.05, 0) is 18.2 Å². The number of aromatic nitrogens is 2. The van der Waals surface area contributed by atoms with Gasteiger partial charge in [0.1, 0.15) is 0 Å². The number of H-pyrrole nitrogens is 1. The van der Waals surface area contributed by atoms with Crippen molar-refractivity contribution in [1.82, 2.24) is 15.1 Å². The van der Waals surface area contributed by atoms with Gasteiger partial charge in [-0.15, -0.1) is 0 Å². The maximum atomic E-state index is 12.5. The van der Waals surface area contributed by atoms with Crippen LogP contribution >= 0.6 is 11.6 Å². The molecule has 1 aliphatic heterocycles. The Balaban J connectivity index is 1.36. The van der Waals surface area contributed by atoms with Gasteiger partial charge >= 0.3 is 6.03 Å². The van der Waals surface area contributed by atoms with Crippen LogP contribution in [0.3, 0.4) is 0 Å². The number of rotatable bonds is 3. The number of aromatic amines is 1. The molecular formula is C20H20ClN5O. The van der Waals surface area contributed by atoms with E-state index >= 15 is 0 Å². The van der Waals surface area contributed by atoms with Gasteiger partial charge in [-0.2, -0.15) is 5.10 Å². The molecule has 0 aliphatic carbocycles. The topological polar surface area (TPSA) is 64.3 Å². The summed E-state index contributed by atoms with van der Waals surface area (Å²) in [4.78, 5) is 16.6. The van der Waals surface area contributed by atoms with Crippen LogP contribution in [0.5, 0.6) is 0 Å².